The molecule has 3 aromatic carbocycles. The van der Waals surface area contributed by atoms with E-state index in [-0.39, 0.29) is 0 Å². The molecule has 0 atom stereocenters. The number of aryl methyl sites for hydroxylation is 2. The van der Waals surface area contributed by atoms with Crippen LogP contribution in [0.15, 0.2) is 78.9 Å². The fourth-order valence-corrected chi connectivity index (χ4v) is 2.51. The van der Waals surface area contributed by atoms with Crippen molar-refractivity contribution >= 4 is 18.4 Å². The van der Waals surface area contributed by atoms with E-state index in [2.05, 4.69) is 98.8 Å². The summed E-state index contributed by atoms with van der Waals surface area (Å²) < 4.78 is 0. The summed E-state index contributed by atoms with van der Waals surface area (Å²) in [5.74, 6) is 0. The molecular weight excluding hydrogens is 292 g/mol. The molecule has 3 aromatic rings. The Bertz CT molecular complexity index is 782. The van der Waals surface area contributed by atoms with Crippen LogP contribution in [-0.4, -0.2) is 6.79 Å². The van der Waals surface area contributed by atoms with E-state index < -0.39 is 0 Å². The van der Waals surface area contributed by atoms with Crippen LogP contribution >= 0.6 is 0 Å². The molecule has 0 aliphatic rings. The number of benzene rings is 3. The molecule has 0 radical (unpaired) electrons. The van der Waals surface area contributed by atoms with E-state index in [0.717, 1.165) is 0 Å². The van der Waals surface area contributed by atoms with Crippen molar-refractivity contribution in [3.63, 3.8) is 0 Å². The van der Waals surface area contributed by atoms with Crippen molar-refractivity contribution in [2.24, 2.45) is 0 Å². The van der Waals surface area contributed by atoms with Crippen LogP contribution in [0.2, 0.25) is 0 Å². The van der Waals surface area contributed by atoms with Gasteiger partial charge in [0.15, 0.2) is 0 Å². The second kappa shape index (κ2) is 8.64. The SMILES string of the molecule is C=O.Cc1ccc(C=C(c2ccccc2)c2ccc(C)cc2)cc1. The van der Waals surface area contributed by atoms with E-state index >= 15 is 0 Å². The largest absolute Gasteiger partial charge is 0.307 e. The first-order chi connectivity index (χ1) is 11.7. The van der Waals surface area contributed by atoms with Gasteiger partial charge in [0.25, 0.3) is 0 Å². The lowest BCUT2D eigenvalue weighted by Crippen LogP contribution is -1.88. The minimum absolute atomic E-state index is 1.23. The van der Waals surface area contributed by atoms with Crippen LogP contribution in [0, 0.1) is 13.8 Å². The second-order valence-electron chi connectivity index (χ2n) is 5.70. The van der Waals surface area contributed by atoms with Gasteiger partial charge in [-0.3, -0.25) is 0 Å². The van der Waals surface area contributed by atoms with Gasteiger partial charge in [-0.1, -0.05) is 90.0 Å². The molecule has 0 aromatic heterocycles. The molecular formula is C23H22O. The summed E-state index contributed by atoms with van der Waals surface area (Å²) in [5.41, 5.74) is 7.54. The van der Waals surface area contributed by atoms with Crippen LogP contribution < -0.4 is 0 Å². The molecule has 0 N–H and O–H groups in total. The summed E-state index contributed by atoms with van der Waals surface area (Å²) in [4.78, 5) is 8.00. The second-order valence-corrected chi connectivity index (χ2v) is 5.70. The first-order valence-corrected chi connectivity index (χ1v) is 7.92. The molecule has 1 nitrogen and oxygen atoms in total. The summed E-state index contributed by atoms with van der Waals surface area (Å²) >= 11 is 0. The number of carbonyl (C=O) groups excluding carboxylic acids is 1. The molecule has 0 saturated carbocycles. The first kappa shape index (κ1) is 17.4. The van der Waals surface area contributed by atoms with Gasteiger partial charge in [0, 0.05) is 0 Å². The third-order valence-corrected chi connectivity index (χ3v) is 3.84. The highest BCUT2D eigenvalue weighted by Crippen LogP contribution is 2.26. The molecule has 3 rings (SSSR count). The molecule has 0 unspecified atom stereocenters. The molecule has 1 heteroatoms. The zero-order chi connectivity index (χ0) is 17.4. The fraction of sp³-hybridized carbons (Fsp3) is 0.0870. The predicted octanol–water partition coefficient (Wildman–Crippen LogP) is 5.71. The molecule has 0 spiro atoms. The molecule has 24 heavy (non-hydrogen) atoms. The van der Waals surface area contributed by atoms with Crippen molar-refractivity contribution in [3.8, 4) is 0 Å². The minimum atomic E-state index is 1.23. The van der Waals surface area contributed by atoms with Crippen molar-refractivity contribution in [1.29, 1.82) is 0 Å². The van der Waals surface area contributed by atoms with Crippen LogP contribution in [0.1, 0.15) is 27.8 Å². The Morgan fingerprint density at radius 2 is 1.12 bits per heavy atom. The maximum absolute atomic E-state index is 8.00. The average Bonchev–Trinajstić information content (AvgIpc) is 2.65. The lowest BCUT2D eigenvalue weighted by Gasteiger charge is -2.10. The van der Waals surface area contributed by atoms with E-state index in [0.29, 0.717) is 0 Å². The molecule has 0 heterocycles. The van der Waals surface area contributed by atoms with Crippen molar-refractivity contribution in [2.75, 3.05) is 0 Å². The monoisotopic (exact) mass is 314 g/mol. The highest BCUT2D eigenvalue weighted by Gasteiger charge is 2.05. The van der Waals surface area contributed by atoms with Crippen LogP contribution in [0.25, 0.3) is 11.6 Å². The van der Waals surface area contributed by atoms with E-state index in [1.54, 1.807) is 0 Å². The highest BCUT2D eigenvalue weighted by atomic mass is 16.1. The fourth-order valence-electron chi connectivity index (χ4n) is 2.51. The highest BCUT2D eigenvalue weighted by molar-refractivity contribution is 5.91. The van der Waals surface area contributed by atoms with Crippen molar-refractivity contribution in [3.05, 3.63) is 107 Å². The Labute approximate surface area is 144 Å². The summed E-state index contributed by atoms with van der Waals surface area (Å²) in [7, 11) is 0. The van der Waals surface area contributed by atoms with E-state index in [1.165, 1.54) is 33.4 Å². The van der Waals surface area contributed by atoms with Crippen molar-refractivity contribution in [1.82, 2.24) is 0 Å². The van der Waals surface area contributed by atoms with Crippen LogP contribution in [0.5, 0.6) is 0 Å². The standard InChI is InChI=1S/C22H20.CH2O/c1-17-8-12-19(13-9-17)16-22(20-6-4-3-5-7-20)21-14-10-18(2)11-15-21;1-2/h3-16H,1-2H3;1H2. The predicted molar refractivity (Wildman–Crippen MR) is 103 cm³/mol. The smallest absolute Gasteiger partial charge is 0.106 e. The van der Waals surface area contributed by atoms with Gasteiger partial charge in [0.05, 0.1) is 0 Å². The molecule has 0 fully saturated rings. The number of carbonyl (C=O) groups is 1. The van der Waals surface area contributed by atoms with Gasteiger partial charge in [-0.05, 0) is 42.2 Å². The molecule has 0 aliphatic carbocycles. The minimum Gasteiger partial charge on any atom is -0.307 e. The summed E-state index contributed by atoms with van der Waals surface area (Å²) in [6.07, 6.45) is 2.26. The van der Waals surface area contributed by atoms with Gasteiger partial charge in [-0.2, -0.15) is 0 Å². The Morgan fingerprint density at radius 3 is 1.67 bits per heavy atom. The van der Waals surface area contributed by atoms with Crippen LogP contribution in [-0.2, 0) is 4.79 Å². The van der Waals surface area contributed by atoms with Crippen LogP contribution in [0.4, 0.5) is 0 Å². The van der Waals surface area contributed by atoms with Crippen LogP contribution in [0.3, 0.4) is 0 Å². The van der Waals surface area contributed by atoms with Gasteiger partial charge >= 0.3 is 0 Å². The molecule has 0 bridgehead atoms. The Balaban J connectivity index is 0.00000100. The summed E-state index contributed by atoms with van der Waals surface area (Å²) in [6, 6.07) is 28.0. The van der Waals surface area contributed by atoms with Gasteiger partial charge in [0.1, 0.15) is 6.79 Å². The van der Waals surface area contributed by atoms with Crippen molar-refractivity contribution < 1.29 is 4.79 Å². The zero-order valence-electron chi connectivity index (χ0n) is 14.2. The third kappa shape index (κ3) is 4.53. The van der Waals surface area contributed by atoms with Crippen molar-refractivity contribution in [2.45, 2.75) is 13.8 Å². The number of rotatable bonds is 3. The number of hydrogen-bond acceptors (Lipinski definition) is 1. The Kier molecular flexibility index (Phi) is 6.27. The molecule has 0 amide bonds. The van der Waals surface area contributed by atoms with E-state index in [9.17, 15) is 0 Å². The normalized spacial score (nSPS) is 10.7. The maximum Gasteiger partial charge on any atom is 0.106 e. The van der Waals surface area contributed by atoms with Gasteiger partial charge in [-0.25, -0.2) is 0 Å². The quantitative estimate of drug-likeness (QED) is 0.566. The lowest BCUT2D eigenvalue weighted by molar-refractivity contribution is -0.0979. The molecule has 120 valence electrons. The Hall–Kier alpha value is -2.93. The average molecular weight is 314 g/mol. The van der Waals surface area contributed by atoms with Gasteiger partial charge in [0.2, 0.25) is 0 Å². The van der Waals surface area contributed by atoms with Gasteiger partial charge < -0.3 is 4.79 Å². The molecule has 0 aliphatic heterocycles. The van der Waals surface area contributed by atoms with E-state index in [1.807, 2.05) is 6.79 Å². The zero-order valence-corrected chi connectivity index (χ0v) is 14.2. The molecule has 0 saturated heterocycles. The maximum atomic E-state index is 8.00. The first-order valence-electron chi connectivity index (χ1n) is 7.92. The summed E-state index contributed by atoms with van der Waals surface area (Å²) in [5, 5.41) is 0. The van der Waals surface area contributed by atoms with Gasteiger partial charge in [-0.15, -0.1) is 0 Å². The van der Waals surface area contributed by atoms with E-state index in [4.69, 9.17) is 4.79 Å². The number of hydrogen-bond donors (Lipinski definition) is 0. The third-order valence-electron chi connectivity index (χ3n) is 3.84. The topological polar surface area (TPSA) is 17.1 Å². The lowest BCUT2D eigenvalue weighted by atomic mass is 9.95. The Morgan fingerprint density at radius 1 is 0.667 bits per heavy atom. The summed E-state index contributed by atoms with van der Waals surface area (Å²) in [6.45, 7) is 6.24.